The number of aromatic nitrogens is 2. The molecule has 1 atom stereocenters. The van der Waals surface area contributed by atoms with Gasteiger partial charge in [-0.25, -0.2) is 0 Å². The minimum Gasteiger partial charge on any atom is -0.507 e. The highest BCUT2D eigenvalue weighted by Gasteiger charge is 2.31. The van der Waals surface area contributed by atoms with Crippen LogP contribution in [0.1, 0.15) is 32.7 Å². The lowest BCUT2D eigenvalue weighted by Gasteiger charge is -2.26. The van der Waals surface area contributed by atoms with E-state index < -0.39 is 0 Å². The van der Waals surface area contributed by atoms with Gasteiger partial charge in [0.15, 0.2) is 0 Å². The summed E-state index contributed by atoms with van der Waals surface area (Å²) in [5.74, 6) is 1.33. The number of aromatic hydroxyl groups is 1. The zero-order valence-electron chi connectivity index (χ0n) is 12.9. The van der Waals surface area contributed by atoms with Gasteiger partial charge in [0.1, 0.15) is 17.6 Å². The molecule has 21 heavy (non-hydrogen) atoms. The van der Waals surface area contributed by atoms with Crippen molar-refractivity contribution < 1.29 is 19.1 Å². The van der Waals surface area contributed by atoms with Gasteiger partial charge < -0.3 is 19.1 Å². The summed E-state index contributed by atoms with van der Waals surface area (Å²) >= 11 is 0. The first-order valence-electron chi connectivity index (χ1n) is 6.60. The molecular weight excluding hydrogens is 272 g/mol. The molecule has 1 heterocycles. The molecule has 0 aliphatic heterocycles. The first kappa shape index (κ1) is 15.3. The molecule has 0 aliphatic rings. The van der Waals surface area contributed by atoms with Crippen molar-refractivity contribution in [2.24, 2.45) is 5.41 Å². The molecule has 0 aliphatic carbocycles. The topological polar surface area (TPSA) is 77.6 Å². The van der Waals surface area contributed by atoms with E-state index in [0.717, 1.165) is 0 Å². The first-order chi connectivity index (χ1) is 9.86. The van der Waals surface area contributed by atoms with Crippen LogP contribution in [0.5, 0.6) is 11.5 Å². The number of methoxy groups -OCH3 is 2. The van der Waals surface area contributed by atoms with Gasteiger partial charge in [-0.3, -0.25) is 0 Å². The number of rotatable bonds is 4. The monoisotopic (exact) mass is 292 g/mol. The highest BCUT2D eigenvalue weighted by atomic mass is 16.5. The minimum atomic E-state index is -0.303. The average Bonchev–Trinajstić information content (AvgIpc) is 2.87. The van der Waals surface area contributed by atoms with Crippen LogP contribution in [-0.4, -0.2) is 29.5 Å². The maximum atomic E-state index is 9.93. The third kappa shape index (κ3) is 3.16. The summed E-state index contributed by atoms with van der Waals surface area (Å²) in [6, 6.07) is 4.82. The third-order valence-corrected chi connectivity index (χ3v) is 3.13. The van der Waals surface area contributed by atoms with Crippen molar-refractivity contribution in [3.05, 3.63) is 24.0 Å². The van der Waals surface area contributed by atoms with Gasteiger partial charge in [-0.15, -0.1) is 0 Å². The molecular formula is C15H20N2O4. The van der Waals surface area contributed by atoms with Gasteiger partial charge in [0, 0.05) is 7.11 Å². The largest absolute Gasteiger partial charge is 0.507 e. The van der Waals surface area contributed by atoms with Gasteiger partial charge in [-0.2, -0.15) is 4.98 Å². The van der Waals surface area contributed by atoms with E-state index in [1.165, 1.54) is 6.07 Å². The molecule has 1 unspecified atom stereocenters. The molecule has 0 fully saturated rings. The SMILES string of the molecule is COc1ccc(O)c(-c2nc(C(OC)C(C)(C)C)no2)c1. The lowest BCUT2D eigenvalue weighted by atomic mass is 9.88. The van der Waals surface area contributed by atoms with Gasteiger partial charge in [0.25, 0.3) is 5.89 Å². The van der Waals surface area contributed by atoms with E-state index in [9.17, 15) is 5.11 Å². The molecule has 114 valence electrons. The number of nitrogens with zero attached hydrogens (tertiary/aromatic N) is 2. The van der Waals surface area contributed by atoms with Gasteiger partial charge in [0.2, 0.25) is 5.82 Å². The second-order valence-electron chi connectivity index (χ2n) is 5.82. The quantitative estimate of drug-likeness (QED) is 0.932. The Hall–Kier alpha value is -2.08. The number of benzene rings is 1. The Balaban J connectivity index is 2.40. The summed E-state index contributed by atoms with van der Waals surface area (Å²) in [7, 11) is 3.16. The zero-order valence-corrected chi connectivity index (χ0v) is 12.9. The van der Waals surface area contributed by atoms with E-state index in [2.05, 4.69) is 10.1 Å². The van der Waals surface area contributed by atoms with E-state index in [0.29, 0.717) is 17.1 Å². The van der Waals surface area contributed by atoms with Crippen molar-refractivity contribution in [3.63, 3.8) is 0 Å². The number of ether oxygens (including phenoxy) is 2. The molecule has 0 bridgehead atoms. The molecule has 1 N–H and O–H groups in total. The van der Waals surface area contributed by atoms with Crippen LogP contribution in [0.25, 0.3) is 11.5 Å². The lowest BCUT2D eigenvalue weighted by Crippen LogP contribution is -2.21. The Kier molecular flexibility index (Phi) is 4.18. The smallest absolute Gasteiger partial charge is 0.261 e. The molecule has 0 saturated heterocycles. The summed E-state index contributed by atoms with van der Waals surface area (Å²) in [6.07, 6.45) is -0.303. The zero-order chi connectivity index (χ0) is 15.6. The fourth-order valence-corrected chi connectivity index (χ4v) is 2.11. The van der Waals surface area contributed by atoms with Crippen molar-refractivity contribution in [1.29, 1.82) is 0 Å². The Morgan fingerprint density at radius 2 is 1.95 bits per heavy atom. The minimum absolute atomic E-state index is 0.0516. The van der Waals surface area contributed by atoms with Crippen LogP contribution in [0.3, 0.4) is 0 Å². The molecule has 0 radical (unpaired) electrons. The fraction of sp³-hybridized carbons (Fsp3) is 0.467. The molecule has 0 saturated carbocycles. The van der Waals surface area contributed by atoms with Crippen LogP contribution < -0.4 is 4.74 Å². The summed E-state index contributed by atoms with van der Waals surface area (Å²) in [5.41, 5.74) is 0.253. The second-order valence-corrected chi connectivity index (χ2v) is 5.82. The maximum absolute atomic E-state index is 9.93. The van der Waals surface area contributed by atoms with E-state index >= 15 is 0 Å². The van der Waals surface area contributed by atoms with E-state index in [-0.39, 0.29) is 23.2 Å². The van der Waals surface area contributed by atoms with E-state index in [1.807, 2.05) is 20.8 Å². The van der Waals surface area contributed by atoms with Gasteiger partial charge in [-0.05, 0) is 23.6 Å². The summed E-state index contributed by atoms with van der Waals surface area (Å²) in [4.78, 5) is 4.34. The molecule has 1 aromatic heterocycles. The van der Waals surface area contributed by atoms with Gasteiger partial charge in [0.05, 0.1) is 12.7 Å². The fourth-order valence-electron chi connectivity index (χ4n) is 2.11. The summed E-state index contributed by atoms with van der Waals surface area (Å²) in [5, 5.41) is 13.9. The highest BCUT2D eigenvalue weighted by molar-refractivity contribution is 5.64. The van der Waals surface area contributed by atoms with Crippen molar-refractivity contribution in [2.45, 2.75) is 26.9 Å². The molecule has 6 heteroatoms. The average molecular weight is 292 g/mol. The first-order valence-corrected chi connectivity index (χ1v) is 6.60. The summed E-state index contributed by atoms with van der Waals surface area (Å²) in [6.45, 7) is 6.08. The normalized spacial score (nSPS) is 13.2. The van der Waals surface area contributed by atoms with Crippen LogP contribution in [0.2, 0.25) is 0 Å². The Morgan fingerprint density at radius 3 is 2.52 bits per heavy atom. The number of hydrogen-bond donors (Lipinski definition) is 1. The van der Waals surface area contributed by atoms with E-state index in [1.54, 1.807) is 26.4 Å². The Labute approximate surface area is 123 Å². The van der Waals surface area contributed by atoms with E-state index in [4.69, 9.17) is 14.0 Å². The van der Waals surface area contributed by atoms with Crippen LogP contribution in [0.15, 0.2) is 22.7 Å². The second kappa shape index (κ2) is 5.73. The maximum Gasteiger partial charge on any atom is 0.261 e. The highest BCUT2D eigenvalue weighted by Crippen LogP contribution is 2.36. The standard InChI is InChI=1S/C15H20N2O4/c1-15(2,3)12(20-5)13-16-14(21-17-13)10-8-9(19-4)6-7-11(10)18/h6-8,12,18H,1-5H3. The van der Waals surface area contributed by atoms with Gasteiger partial charge in [-0.1, -0.05) is 25.9 Å². The van der Waals surface area contributed by atoms with Crippen molar-refractivity contribution >= 4 is 0 Å². The van der Waals surface area contributed by atoms with Crippen molar-refractivity contribution in [2.75, 3.05) is 14.2 Å². The number of phenols is 1. The molecule has 0 spiro atoms. The molecule has 2 aromatic rings. The Bertz CT molecular complexity index is 616. The predicted molar refractivity (Wildman–Crippen MR) is 77.2 cm³/mol. The van der Waals surface area contributed by atoms with Crippen molar-refractivity contribution in [1.82, 2.24) is 10.1 Å². The van der Waals surface area contributed by atoms with Crippen LogP contribution >= 0.6 is 0 Å². The van der Waals surface area contributed by atoms with Gasteiger partial charge >= 0.3 is 0 Å². The van der Waals surface area contributed by atoms with Crippen LogP contribution in [0, 0.1) is 5.41 Å². The number of phenolic OH excluding ortho intramolecular Hbond substituents is 1. The van der Waals surface area contributed by atoms with Crippen molar-refractivity contribution in [3.8, 4) is 23.0 Å². The van der Waals surface area contributed by atoms with Crippen LogP contribution in [-0.2, 0) is 4.74 Å². The third-order valence-electron chi connectivity index (χ3n) is 3.13. The molecule has 2 rings (SSSR count). The molecule has 1 aromatic carbocycles. The molecule has 6 nitrogen and oxygen atoms in total. The summed E-state index contributed by atoms with van der Waals surface area (Å²) < 4.78 is 15.8. The van der Waals surface area contributed by atoms with Crippen LogP contribution in [0.4, 0.5) is 0 Å². The number of hydrogen-bond acceptors (Lipinski definition) is 6. The lowest BCUT2D eigenvalue weighted by molar-refractivity contribution is 0.00718. The Morgan fingerprint density at radius 1 is 1.24 bits per heavy atom. The predicted octanol–water partition coefficient (Wildman–Crippen LogP) is 3.18. The molecule has 0 amide bonds.